The molecule has 1 fully saturated rings. The Kier molecular flexibility index (Phi) is 5.16. The second kappa shape index (κ2) is 7.21. The van der Waals surface area contributed by atoms with E-state index in [1.54, 1.807) is 0 Å². The molecule has 26 heavy (non-hydrogen) atoms. The van der Waals surface area contributed by atoms with Crippen LogP contribution in [-0.4, -0.2) is 0 Å². The molecule has 0 saturated heterocycles. The number of ether oxygens (including phenoxy) is 1. The Labute approximate surface area is 146 Å². The standard InChI is InChI=1S/C19H16F6O/c20-14-7-6-13(10-15(14)21)26-19(24,25)18-16(22)8-12(9-17(18)23)11-4-2-1-3-5-11/h6-11H,1-5H2. The van der Waals surface area contributed by atoms with Crippen LogP contribution < -0.4 is 4.74 Å². The smallest absolute Gasteiger partial charge is 0.429 e. The van der Waals surface area contributed by atoms with Crippen LogP contribution in [0.1, 0.15) is 49.1 Å². The summed E-state index contributed by atoms with van der Waals surface area (Å²) in [7, 11) is 0. The number of rotatable bonds is 4. The summed E-state index contributed by atoms with van der Waals surface area (Å²) in [6.07, 6.45) is -0.000707. The highest BCUT2D eigenvalue weighted by Gasteiger charge is 2.41. The molecule has 0 amide bonds. The van der Waals surface area contributed by atoms with Gasteiger partial charge in [-0.2, -0.15) is 8.78 Å². The number of hydrogen-bond donors (Lipinski definition) is 0. The summed E-state index contributed by atoms with van der Waals surface area (Å²) >= 11 is 0. The highest BCUT2D eigenvalue weighted by molar-refractivity contribution is 5.32. The van der Waals surface area contributed by atoms with Crippen LogP contribution in [0.3, 0.4) is 0 Å². The van der Waals surface area contributed by atoms with Gasteiger partial charge in [-0.3, -0.25) is 0 Å². The molecule has 0 aliphatic heterocycles. The van der Waals surface area contributed by atoms with E-state index in [1.165, 1.54) is 0 Å². The van der Waals surface area contributed by atoms with Crippen molar-refractivity contribution in [3.63, 3.8) is 0 Å². The van der Waals surface area contributed by atoms with Gasteiger partial charge in [0.2, 0.25) is 0 Å². The third-order valence-electron chi connectivity index (χ3n) is 4.57. The van der Waals surface area contributed by atoms with Gasteiger partial charge in [0.25, 0.3) is 0 Å². The molecule has 1 nitrogen and oxygen atoms in total. The summed E-state index contributed by atoms with van der Waals surface area (Å²) < 4.78 is 87.3. The molecule has 0 radical (unpaired) electrons. The Morgan fingerprint density at radius 2 is 1.38 bits per heavy atom. The van der Waals surface area contributed by atoms with Gasteiger partial charge in [0.15, 0.2) is 11.6 Å². The van der Waals surface area contributed by atoms with Gasteiger partial charge in [-0.25, -0.2) is 17.6 Å². The van der Waals surface area contributed by atoms with Crippen LogP contribution in [0.15, 0.2) is 30.3 Å². The van der Waals surface area contributed by atoms with Crippen LogP contribution in [0.4, 0.5) is 26.3 Å². The van der Waals surface area contributed by atoms with Gasteiger partial charge < -0.3 is 4.74 Å². The minimum absolute atomic E-state index is 0.0671. The minimum atomic E-state index is -4.39. The van der Waals surface area contributed by atoms with Gasteiger partial charge in [0.1, 0.15) is 22.9 Å². The van der Waals surface area contributed by atoms with Crippen LogP contribution in [0.5, 0.6) is 5.75 Å². The molecule has 0 spiro atoms. The van der Waals surface area contributed by atoms with Crippen molar-refractivity contribution in [3.8, 4) is 5.75 Å². The maximum atomic E-state index is 14.3. The lowest BCUT2D eigenvalue weighted by Gasteiger charge is -2.24. The molecule has 0 heterocycles. The zero-order chi connectivity index (χ0) is 18.9. The quantitative estimate of drug-likeness (QED) is 0.561. The van der Waals surface area contributed by atoms with Gasteiger partial charge in [-0.1, -0.05) is 19.3 Å². The summed E-state index contributed by atoms with van der Waals surface area (Å²) in [6.45, 7) is 0. The van der Waals surface area contributed by atoms with E-state index < -0.39 is 40.7 Å². The summed E-state index contributed by atoms with van der Waals surface area (Å²) in [4.78, 5) is 0. The zero-order valence-electron chi connectivity index (χ0n) is 13.7. The molecule has 0 bridgehead atoms. The van der Waals surface area contributed by atoms with E-state index in [4.69, 9.17) is 0 Å². The van der Waals surface area contributed by atoms with E-state index in [0.717, 1.165) is 50.3 Å². The minimum Gasteiger partial charge on any atom is -0.429 e. The van der Waals surface area contributed by atoms with E-state index in [-0.39, 0.29) is 5.92 Å². The Morgan fingerprint density at radius 3 is 1.96 bits per heavy atom. The third kappa shape index (κ3) is 3.81. The lowest BCUT2D eigenvalue weighted by molar-refractivity contribution is -0.189. The average Bonchev–Trinajstić information content (AvgIpc) is 2.58. The second-order valence-electron chi connectivity index (χ2n) is 6.39. The molecule has 140 valence electrons. The van der Waals surface area contributed by atoms with Gasteiger partial charge >= 0.3 is 6.11 Å². The van der Waals surface area contributed by atoms with Crippen LogP contribution in [0, 0.1) is 23.3 Å². The van der Waals surface area contributed by atoms with Gasteiger partial charge in [-0.15, -0.1) is 0 Å². The monoisotopic (exact) mass is 374 g/mol. The van der Waals surface area contributed by atoms with Crippen molar-refractivity contribution in [2.24, 2.45) is 0 Å². The SMILES string of the molecule is Fc1ccc(OC(F)(F)c2c(F)cc(C3CCCCC3)cc2F)cc1F. The largest absolute Gasteiger partial charge is 0.432 e. The van der Waals surface area contributed by atoms with E-state index in [1.807, 2.05) is 0 Å². The molecular formula is C19H16F6O. The van der Waals surface area contributed by atoms with E-state index in [0.29, 0.717) is 17.7 Å². The maximum absolute atomic E-state index is 14.3. The number of alkyl halides is 2. The predicted molar refractivity (Wildman–Crippen MR) is 83.1 cm³/mol. The van der Waals surface area contributed by atoms with Crippen LogP contribution in [0.2, 0.25) is 0 Å². The molecule has 0 N–H and O–H groups in total. The first kappa shape index (κ1) is 18.6. The summed E-state index contributed by atoms with van der Waals surface area (Å²) in [6, 6.07) is 3.52. The number of benzene rings is 2. The first-order valence-corrected chi connectivity index (χ1v) is 8.29. The third-order valence-corrected chi connectivity index (χ3v) is 4.57. The molecule has 1 aliphatic carbocycles. The van der Waals surface area contributed by atoms with Crippen LogP contribution >= 0.6 is 0 Å². The molecular weight excluding hydrogens is 358 g/mol. The van der Waals surface area contributed by atoms with Gasteiger partial charge in [0.05, 0.1) is 0 Å². The van der Waals surface area contributed by atoms with Crippen LogP contribution in [0.25, 0.3) is 0 Å². The average molecular weight is 374 g/mol. The van der Waals surface area contributed by atoms with E-state index >= 15 is 0 Å². The van der Waals surface area contributed by atoms with Crippen molar-refractivity contribution in [1.82, 2.24) is 0 Å². The first-order valence-electron chi connectivity index (χ1n) is 8.29. The normalized spacial score (nSPS) is 15.9. The fourth-order valence-corrected chi connectivity index (χ4v) is 3.28. The summed E-state index contributed by atoms with van der Waals surface area (Å²) in [5.41, 5.74) is -1.21. The first-order chi connectivity index (χ1) is 12.3. The van der Waals surface area contributed by atoms with Gasteiger partial charge in [0, 0.05) is 6.07 Å². The molecule has 1 saturated carbocycles. The Morgan fingerprint density at radius 1 is 0.769 bits per heavy atom. The molecule has 2 aromatic carbocycles. The highest BCUT2D eigenvalue weighted by Crippen LogP contribution is 2.39. The Bertz CT molecular complexity index is 776. The molecule has 0 aromatic heterocycles. The fourth-order valence-electron chi connectivity index (χ4n) is 3.28. The van der Waals surface area contributed by atoms with Crippen LogP contribution in [-0.2, 0) is 6.11 Å². The summed E-state index contributed by atoms with van der Waals surface area (Å²) in [5, 5.41) is 0. The van der Waals surface area contributed by atoms with Crippen molar-refractivity contribution < 1.29 is 31.1 Å². The molecule has 7 heteroatoms. The summed E-state index contributed by atoms with van der Waals surface area (Å²) in [5.74, 6) is -6.34. The predicted octanol–water partition coefficient (Wildman–Crippen LogP) is 6.42. The highest BCUT2D eigenvalue weighted by atomic mass is 19.3. The molecule has 3 rings (SSSR count). The lowest BCUT2D eigenvalue weighted by Crippen LogP contribution is -2.25. The molecule has 1 aliphatic rings. The molecule has 2 aromatic rings. The fraction of sp³-hybridized carbons (Fsp3) is 0.368. The second-order valence-corrected chi connectivity index (χ2v) is 6.39. The van der Waals surface area contributed by atoms with Crippen molar-refractivity contribution in [2.45, 2.75) is 44.1 Å². The van der Waals surface area contributed by atoms with Gasteiger partial charge in [-0.05, 0) is 48.6 Å². The molecule has 0 unspecified atom stereocenters. The van der Waals surface area contributed by atoms with Crippen molar-refractivity contribution in [2.75, 3.05) is 0 Å². The maximum Gasteiger partial charge on any atom is 0.432 e. The van der Waals surface area contributed by atoms with E-state index in [2.05, 4.69) is 4.74 Å². The topological polar surface area (TPSA) is 9.23 Å². The van der Waals surface area contributed by atoms with Crippen molar-refractivity contribution in [3.05, 3.63) is 64.7 Å². The molecule has 0 atom stereocenters. The van der Waals surface area contributed by atoms with Crippen molar-refractivity contribution in [1.29, 1.82) is 0 Å². The van der Waals surface area contributed by atoms with E-state index in [9.17, 15) is 26.3 Å². The van der Waals surface area contributed by atoms with Crippen molar-refractivity contribution >= 4 is 0 Å². The number of halogens is 6. The Balaban J connectivity index is 1.89. The Hall–Kier alpha value is -2.18. The lowest BCUT2D eigenvalue weighted by atomic mass is 9.83. The number of hydrogen-bond acceptors (Lipinski definition) is 1. The zero-order valence-corrected chi connectivity index (χ0v) is 13.7.